The molecule has 2 aromatic carbocycles. The first kappa shape index (κ1) is 17.4. The maximum absolute atomic E-state index is 13.1. The second kappa shape index (κ2) is 6.84. The van der Waals surface area contributed by atoms with E-state index >= 15 is 0 Å². The molecule has 25 heavy (non-hydrogen) atoms. The number of anilines is 1. The average molecular weight is 362 g/mol. The first-order chi connectivity index (χ1) is 11.9. The lowest BCUT2D eigenvalue weighted by molar-refractivity contribution is -0.126. The molecule has 0 spiro atoms. The minimum atomic E-state index is -0.984. The van der Waals surface area contributed by atoms with Crippen LogP contribution in [0.3, 0.4) is 0 Å². The van der Waals surface area contributed by atoms with Gasteiger partial charge in [-0.1, -0.05) is 29.8 Å². The fraction of sp³-hybridized carbons (Fsp3) is 0.263. The molecule has 0 aliphatic carbocycles. The Bertz CT molecular complexity index is 839. The Labute approximate surface area is 150 Å². The van der Waals surface area contributed by atoms with Crippen LogP contribution >= 0.6 is 11.6 Å². The van der Waals surface area contributed by atoms with Gasteiger partial charge in [-0.3, -0.25) is 4.79 Å². The number of para-hydroxylation sites is 1. The minimum Gasteiger partial charge on any atom is -0.449 e. The predicted octanol–water partition coefficient (Wildman–Crippen LogP) is 4.00. The summed E-state index contributed by atoms with van der Waals surface area (Å²) in [4.78, 5) is 26.7. The summed E-state index contributed by atoms with van der Waals surface area (Å²) in [5.41, 5.74) is 1.95. The molecule has 1 aliphatic heterocycles. The lowest BCUT2D eigenvalue weighted by atomic mass is 10.1. The third-order valence-corrected chi connectivity index (χ3v) is 4.54. The molecule has 0 radical (unpaired) electrons. The molecular weight excluding hydrogens is 345 g/mol. The van der Waals surface area contributed by atoms with E-state index in [2.05, 4.69) is 0 Å². The minimum absolute atomic E-state index is 0.0135. The number of nitrogens with zero attached hydrogens (tertiary/aromatic N) is 1. The van der Waals surface area contributed by atoms with Crippen LogP contribution in [0.25, 0.3) is 0 Å². The first-order valence-corrected chi connectivity index (χ1v) is 8.33. The normalized spacial score (nSPS) is 17.1. The van der Waals surface area contributed by atoms with Gasteiger partial charge in [-0.15, -0.1) is 0 Å². The molecule has 0 saturated carbocycles. The second-order valence-electron chi connectivity index (χ2n) is 6.06. The number of ether oxygens (including phenoxy) is 1. The molecule has 0 unspecified atom stereocenters. The highest BCUT2D eigenvalue weighted by Crippen LogP contribution is 2.32. The van der Waals surface area contributed by atoms with Crippen molar-refractivity contribution >= 4 is 29.2 Å². The number of hydrogen-bond acceptors (Lipinski definition) is 3. The SMILES string of the molecule is C[C@H](OC(=O)c1ccc(F)cc1Cl)C(=O)N1c2ccccc2C[C@@H]1C. The van der Waals surface area contributed by atoms with Crippen LogP contribution in [0.5, 0.6) is 0 Å². The predicted molar refractivity (Wildman–Crippen MR) is 93.4 cm³/mol. The maximum atomic E-state index is 13.1. The van der Waals surface area contributed by atoms with Crippen LogP contribution in [-0.2, 0) is 16.0 Å². The summed E-state index contributed by atoms with van der Waals surface area (Å²) in [5.74, 6) is -1.61. The van der Waals surface area contributed by atoms with E-state index in [9.17, 15) is 14.0 Å². The first-order valence-electron chi connectivity index (χ1n) is 7.95. The number of hydrogen-bond donors (Lipinski definition) is 0. The highest BCUT2D eigenvalue weighted by Gasteiger charge is 2.34. The number of carbonyl (C=O) groups is 2. The van der Waals surface area contributed by atoms with E-state index in [0.717, 1.165) is 29.8 Å². The number of fused-ring (bicyclic) bond motifs is 1. The van der Waals surface area contributed by atoms with E-state index in [-0.39, 0.29) is 22.5 Å². The van der Waals surface area contributed by atoms with E-state index in [0.29, 0.717) is 0 Å². The highest BCUT2D eigenvalue weighted by molar-refractivity contribution is 6.33. The van der Waals surface area contributed by atoms with Crippen LogP contribution in [0.15, 0.2) is 42.5 Å². The summed E-state index contributed by atoms with van der Waals surface area (Å²) in [7, 11) is 0. The van der Waals surface area contributed by atoms with Crippen LogP contribution in [0.4, 0.5) is 10.1 Å². The molecule has 0 bridgehead atoms. The molecule has 2 aromatic rings. The van der Waals surface area contributed by atoms with Crippen molar-refractivity contribution in [1.29, 1.82) is 0 Å². The number of benzene rings is 2. The Hall–Kier alpha value is -2.40. The Balaban J connectivity index is 1.76. The molecule has 130 valence electrons. The number of rotatable bonds is 3. The molecule has 1 aliphatic rings. The van der Waals surface area contributed by atoms with Crippen molar-refractivity contribution in [3.63, 3.8) is 0 Å². The van der Waals surface area contributed by atoms with Gasteiger partial charge < -0.3 is 9.64 Å². The van der Waals surface area contributed by atoms with Crippen LogP contribution in [0, 0.1) is 5.82 Å². The molecule has 0 fully saturated rings. The molecule has 1 amide bonds. The van der Waals surface area contributed by atoms with E-state index < -0.39 is 17.9 Å². The maximum Gasteiger partial charge on any atom is 0.340 e. The molecule has 0 aromatic heterocycles. The third kappa shape index (κ3) is 3.37. The van der Waals surface area contributed by atoms with Crippen LogP contribution in [0.1, 0.15) is 29.8 Å². The zero-order valence-corrected chi connectivity index (χ0v) is 14.6. The van der Waals surface area contributed by atoms with Crippen molar-refractivity contribution in [2.45, 2.75) is 32.4 Å². The summed E-state index contributed by atoms with van der Waals surface area (Å²) in [6, 6.07) is 11.0. The molecule has 0 N–H and O–H groups in total. The fourth-order valence-electron chi connectivity index (χ4n) is 3.03. The fourth-order valence-corrected chi connectivity index (χ4v) is 3.27. The van der Waals surface area contributed by atoms with Gasteiger partial charge in [0.2, 0.25) is 0 Å². The summed E-state index contributed by atoms with van der Waals surface area (Å²) < 4.78 is 18.4. The number of carbonyl (C=O) groups excluding carboxylic acids is 2. The van der Waals surface area contributed by atoms with Gasteiger partial charge in [0.15, 0.2) is 6.10 Å². The van der Waals surface area contributed by atoms with Crippen molar-refractivity contribution in [1.82, 2.24) is 0 Å². The zero-order chi connectivity index (χ0) is 18.1. The average Bonchev–Trinajstić information content (AvgIpc) is 2.89. The number of esters is 1. The lowest BCUT2D eigenvalue weighted by Gasteiger charge is -2.26. The summed E-state index contributed by atoms with van der Waals surface area (Å²) in [6.07, 6.45) is -0.228. The Morgan fingerprint density at radius 2 is 2.00 bits per heavy atom. The number of halogens is 2. The van der Waals surface area contributed by atoms with Crippen molar-refractivity contribution in [3.8, 4) is 0 Å². The highest BCUT2D eigenvalue weighted by atomic mass is 35.5. The molecule has 1 heterocycles. The molecule has 4 nitrogen and oxygen atoms in total. The van der Waals surface area contributed by atoms with Gasteiger partial charge in [0, 0.05) is 11.7 Å². The van der Waals surface area contributed by atoms with E-state index in [1.165, 1.54) is 13.0 Å². The molecular formula is C19H17ClFNO3. The van der Waals surface area contributed by atoms with Crippen molar-refractivity contribution in [2.75, 3.05) is 4.90 Å². The van der Waals surface area contributed by atoms with Crippen molar-refractivity contribution in [2.24, 2.45) is 0 Å². The summed E-state index contributed by atoms with van der Waals surface area (Å²) in [5, 5.41) is -0.0514. The summed E-state index contributed by atoms with van der Waals surface area (Å²) in [6.45, 7) is 3.47. The Morgan fingerprint density at radius 3 is 2.72 bits per heavy atom. The van der Waals surface area contributed by atoms with Gasteiger partial charge in [-0.2, -0.15) is 0 Å². The monoisotopic (exact) mass is 361 g/mol. The topological polar surface area (TPSA) is 46.6 Å². The lowest BCUT2D eigenvalue weighted by Crippen LogP contribution is -2.43. The van der Waals surface area contributed by atoms with E-state index in [4.69, 9.17) is 16.3 Å². The van der Waals surface area contributed by atoms with Crippen LogP contribution in [-0.4, -0.2) is 24.0 Å². The third-order valence-electron chi connectivity index (χ3n) is 4.23. The Morgan fingerprint density at radius 1 is 1.28 bits per heavy atom. The van der Waals surface area contributed by atoms with Gasteiger partial charge >= 0.3 is 5.97 Å². The Kier molecular flexibility index (Phi) is 4.77. The van der Waals surface area contributed by atoms with Gasteiger partial charge in [0.05, 0.1) is 10.6 Å². The van der Waals surface area contributed by atoms with Crippen LogP contribution in [0.2, 0.25) is 5.02 Å². The van der Waals surface area contributed by atoms with Crippen molar-refractivity contribution < 1.29 is 18.7 Å². The molecule has 2 atom stereocenters. The largest absolute Gasteiger partial charge is 0.449 e. The molecule has 6 heteroatoms. The second-order valence-corrected chi connectivity index (χ2v) is 6.47. The van der Waals surface area contributed by atoms with Gasteiger partial charge in [0.25, 0.3) is 5.91 Å². The number of amides is 1. The van der Waals surface area contributed by atoms with E-state index in [1.807, 2.05) is 31.2 Å². The standard InChI is InChI=1S/C19H17ClFNO3/c1-11-9-13-5-3-4-6-17(13)22(11)18(23)12(2)25-19(24)15-8-7-14(21)10-16(15)20/h3-8,10-12H,9H2,1-2H3/t11-,12-/m0/s1. The molecule has 0 saturated heterocycles. The quantitative estimate of drug-likeness (QED) is 0.776. The smallest absolute Gasteiger partial charge is 0.340 e. The van der Waals surface area contributed by atoms with Crippen LogP contribution < -0.4 is 4.90 Å². The summed E-state index contributed by atoms with van der Waals surface area (Å²) >= 11 is 5.87. The zero-order valence-electron chi connectivity index (χ0n) is 13.8. The molecule has 3 rings (SSSR count). The van der Waals surface area contributed by atoms with Crippen molar-refractivity contribution in [3.05, 3.63) is 64.4 Å². The van der Waals surface area contributed by atoms with Gasteiger partial charge in [-0.05, 0) is 50.1 Å². The van der Waals surface area contributed by atoms with Gasteiger partial charge in [-0.25, -0.2) is 9.18 Å². The van der Waals surface area contributed by atoms with Gasteiger partial charge in [0.1, 0.15) is 5.82 Å². The van der Waals surface area contributed by atoms with E-state index in [1.54, 1.807) is 4.90 Å².